The molecule has 0 saturated heterocycles. The van der Waals surface area contributed by atoms with E-state index in [1.54, 1.807) is 0 Å². The summed E-state index contributed by atoms with van der Waals surface area (Å²) in [5, 5.41) is 9.21. The Morgan fingerprint density at radius 2 is 2.30 bits per heavy atom. The van der Waals surface area contributed by atoms with Gasteiger partial charge in [-0.05, 0) is 18.6 Å². The number of imidazole rings is 1. The minimum absolute atomic E-state index is 0.366. The molecule has 6 heteroatoms. The average molecular weight is 349 g/mol. The van der Waals surface area contributed by atoms with Crippen molar-refractivity contribution in [2.45, 2.75) is 13.3 Å². The van der Waals surface area contributed by atoms with Gasteiger partial charge in [0, 0.05) is 22.2 Å². The fraction of sp³-hybridized carbons (Fsp3) is 0.143. The second-order valence-electron chi connectivity index (χ2n) is 4.79. The Bertz CT molecular complexity index is 894. The number of aromatic carboxylic acids is 1. The van der Waals surface area contributed by atoms with E-state index in [2.05, 4.69) is 27.0 Å². The smallest absolute Gasteiger partial charge is 0.347 e. The van der Waals surface area contributed by atoms with Gasteiger partial charge in [-0.15, -0.1) is 0 Å². The zero-order valence-corrected chi connectivity index (χ0v) is 12.9. The van der Waals surface area contributed by atoms with E-state index in [1.165, 1.54) is 16.9 Å². The third-order valence-corrected chi connectivity index (χ3v) is 5.59. The van der Waals surface area contributed by atoms with E-state index in [0.717, 1.165) is 38.5 Å². The quantitative estimate of drug-likeness (QED) is 0.570. The van der Waals surface area contributed by atoms with E-state index in [9.17, 15) is 9.90 Å². The highest BCUT2D eigenvalue weighted by atomic mass is 79.9. The van der Waals surface area contributed by atoms with Crippen LogP contribution in [0.4, 0.5) is 0 Å². The molecule has 0 spiro atoms. The molecule has 1 aliphatic carbocycles. The first-order chi connectivity index (χ1) is 9.58. The molecule has 1 aliphatic rings. The van der Waals surface area contributed by atoms with Gasteiger partial charge in [-0.1, -0.05) is 39.4 Å². The van der Waals surface area contributed by atoms with Crippen LogP contribution in [0.1, 0.15) is 26.6 Å². The molecule has 0 atom stereocenters. The molecule has 0 aliphatic heterocycles. The molecule has 0 amide bonds. The van der Waals surface area contributed by atoms with Gasteiger partial charge in [0.2, 0.25) is 0 Å². The zero-order valence-electron chi connectivity index (χ0n) is 10.5. The van der Waals surface area contributed by atoms with Crippen LogP contribution in [0.5, 0.6) is 0 Å². The molecule has 0 radical (unpaired) electrons. The summed E-state index contributed by atoms with van der Waals surface area (Å²) in [5.74, 6) is -0.886. The fourth-order valence-electron chi connectivity index (χ4n) is 2.82. The van der Waals surface area contributed by atoms with Crippen LogP contribution in [-0.4, -0.2) is 20.5 Å². The Morgan fingerprint density at radius 1 is 1.50 bits per heavy atom. The van der Waals surface area contributed by atoms with Crippen molar-refractivity contribution >= 4 is 38.2 Å². The van der Waals surface area contributed by atoms with E-state index in [4.69, 9.17) is 0 Å². The van der Waals surface area contributed by atoms with Gasteiger partial charge in [-0.2, -0.15) is 0 Å². The maximum atomic E-state index is 11.2. The van der Waals surface area contributed by atoms with Crippen molar-refractivity contribution in [2.75, 3.05) is 0 Å². The molecule has 2 aromatic heterocycles. The number of thiazole rings is 1. The predicted molar refractivity (Wildman–Crippen MR) is 80.7 cm³/mol. The maximum Gasteiger partial charge on any atom is 0.347 e. The molecule has 1 aromatic carbocycles. The molecule has 3 aromatic rings. The minimum atomic E-state index is -0.886. The number of carbonyl (C=O) groups is 1. The van der Waals surface area contributed by atoms with E-state index in [0.29, 0.717) is 4.88 Å². The number of fused-ring (bicyclic) bond motifs is 5. The summed E-state index contributed by atoms with van der Waals surface area (Å²) in [6.07, 6.45) is 0.782. The predicted octanol–water partition coefficient (Wildman–Crippen LogP) is 3.74. The number of hydrogen-bond donors (Lipinski definition) is 1. The molecule has 0 fully saturated rings. The third-order valence-electron chi connectivity index (χ3n) is 3.71. The molecular formula is C14H9BrN2O2S. The second-order valence-corrected chi connectivity index (χ2v) is 6.62. The standard InChI is InChI=1S/C14H9BrN2O2S/c1-6-12(13(18)19)20-14-16-11-7-3-2-4-9(15)8(7)5-10(11)17(6)14/h2-4H,5H2,1H3,(H,18,19). The molecule has 4 rings (SSSR count). The number of nitrogens with zero attached hydrogens (tertiary/aromatic N) is 2. The lowest BCUT2D eigenvalue weighted by Gasteiger charge is -2.01. The summed E-state index contributed by atoms with van der Waals surface area (Å²) in [6, 6.07) is 6.09. The lowest BCUT2D eigenvalue weighted by Crippen LogP contribution is -1.99. The van der Waals surface area contributed by atoms with Gasteiger partial charge >= 0.3 is 5.97 Å². The first-order valence-electron chi connectivity index (χ1n) is 6.09. The van der Waals surface area contributed by atoms with Gasteiger partial charge in [0.05, 0.1) is 11.4 Å². The topological polar surface area (TPSA) is 54.6 Å². The highest BCUT2D eigenvalue weighted by Gasteiger charge is 2.28. The Balaban J connectivity index is 2.03. The van der Waals surface area contributed by atoms with Gasteiger partial charge in [0.1, 0.15) is 4.88 Å². The number of rotatable bonds is 1. The average Bonchev–Trinajstić information content (AvgIpc) is 3.00. The third kappa shape index (κ3) is 1.40. The zero-order chi connectivity index (χ0) is 14.0. The summed E-state index contributed by atoms with van der Waals surface area (Å²) in [6.45, 7) is 1.84. The maximum absolute atomic E-state index is 11.2. The van der Waals surface area contributed by atoms with E-state index in [-0.39, 0.29) is 0 Å². The highest BCUT2D eigenvalue weighted by Crippen LogP contribution is 2.41. The van der Waals surface area contributed by atoms with Crippen LogP contribution in [0.3, 0.4) is 0 Å². The fourth-order valence-corrected chi connectivity index (χ4v) is 4.31. The molecule has 1 N–H and O–H groups in total. The highest BCUT2D eigenvalue weighted by molar-refractivity contribution is 9.10. The van der Waals surface area contributed by atoms with Crippen LogP contribution in [0.2, 0.25) is 0 Å². The number of aryl methyl sites for hydroxylation is 1. The van der Waals surface area contributed by atoms with Crippen LogP contribution < -0.4 is 0 Å². The number of carboxylic acid groups (broad SMARTS) is 1. The van der Waals surface area contributed by atoms with E-state index < -0.39 is 5.97 Å². The molecule has 0 saturated carbocycles. The van der Waals surface area contributed by atoms with Crippen LogP contribution in [0, 0.1) is 6.92 Å². The first kappa shape index (κ1) is 12.1. The van der Waals surface area contributed by atoms with Crippen LogP contribution in [0.15, 0.2) is 22.7 Å². The first-order valence-corrected chi connectivity index (χ1v) is 7.70. The molecule has 20 heavy (non-hydrogen) atoms. The Morgan fingerprint density at radius 3 is 3.05 bits per heavy atom. The van der Waals surface area contributed by atoms with Gasteiger partial charge in [-0.25, -0.2) is 9.78 Å². The Hall–Kier alpha value is -1.66. The molecular weight excluding hydrogens is 340 g/mol. The molecule has 4 nitrogen and oxygen atoms in total. The number of carboxylic acids is 1. The van der Waals surface area contributed by atoms with Crippen molar-refractivity contribution in [3.63, 3.8) is 0 Å². The monoisotopic (exact) mass is 348 g/mol. The van der Waals surface area contributed by atoms with Gasteiger partial charge in [-0.3, -0.25) is 4.40 Å². The van der Waals surface area contributed by atoms with Crippen molar-refractivity contribution in [3.8, 4) is 11.3 Å². The second kappa shape index (κ2) is 3.93. The number of halogens is 1. The summed E-state index contributed by atoms with van der Waals surface area (Å²) < 4.78 is 3.06. The van der Waals surface area contributed by atoms with Crippen molar-refractivity contribution in [1.82, 2.24) is 9.38 Å². The van der Waals surface area contributed by atoms with Gasteiger partial charge in [0.25, 0.3) is 0 Å². The van der Waals surface area contributed by atoms with Crippen molar-refractivity contribution in [3.05, 3.63) is 44.5 Å². The molecule has 100 valence electrons. The SMILES string of the molecule is Cc1c(C(=O)O)sc2nc3c(n12)Cc1c(Br)cccc1-3. The van der Waals surface area contributed by atoms with E-state index in [1.807, 2.05) is 23.5 Å². The van der Waals surface area contributed by atoms with Crippen LogP contribution >= 0.6 is 27.3 Å². The largest absolute Gasteiger partial charge is 0.477 e. The van der Waals surface area contributed by atoms with E-state index >= 15 is 0 Å². The summed E-state index contributed by atoms with van der Waals surface area (Å²) >= 11 is 4.81. The lowest BCUT2D eigenvalue weighted by molar-refractivity contribution is 0.0701. The lowest BCUT2D eigenvalue weighted by atomic mass is 10.1. The number of hydrogen-bond acceptors (Lipinski definition) is 3. The summed E-state index contributed by atoms with van der Waals surface area (Å²) in [5.41, 5.74) is 5.19. The van der Waals surface area contributed by atoms with Crippen LogP contribution in [0.25, 0.3) is 16.2 Å². The summed E-state index contributed by atoms with van der Waals surface area (Å²) in [7, 11) is 0. The minimum Gasteiger partial charge on any atom is -0.477 e. The molecule has 2 heterocycles. The Labute approximate surface area is 126 Å². The van der Waals surface area contributed by atoms with Gasteiger partial charge in [0.15, 0.2) is 4.96 Å². The van der Waals surface area contributed by atoms with Crippen molar-refractivity contribution in [2.24, 2.45) is 0 Å². The van der Waals surface area contributed by atoms with Crippen molar-refractivity contribution < 1.29 is 9.90 Å². The molecule has 0 bridgehead atoms. The summed E-state index contributed by atoms with van der Waals surface area (Å²) in [4.78, 5) is 17.0. The van der Waals surface area contributed by atoms with Crippen molar-refractivity contribution in [1.29, 1.82) is 0 Å². The molecule has 0 unspecified atom stereocenters. The van der Waals surface area contributed by atoms with Crippen LogP contribution in [-0.2, 0) is 6.42 Å². The number of benzene rings is 1. The normalized spacial score (nSPS) is 12.7. The Kier molecular flexibility index (Phi) is 2.38. The van der Waals surface area contributed by atoms with Gasteiger partial charge < -0.3 is 5.11 Å². The number of aromatic nitrogens is 2.